The zero-order valence-electron chi connectivity index (χ0n) is 12.1. The molecule has 0 fully saturated rings. The maximum Gasteiger partial charge on any atom is 0.307 e. The van der Waals surface area contributed by atoms with Gasteiger partial charge < -0.3 is 9.84 Å². The Morgan fingerprint density at radius 1 is 1.35 bits per heavy atom. The molecule has 2 aromatic rings. The second-order valence-electron chi connectivity index (χ2n) is 4.91. The molecule has 1 aromatic heterocycles. The number of H-pyrrole nitrogens is 1. The van der Waals surface area contributed by atoms with E-state index >= 15 is 0 Å². The van der Waals surface area contributed by atoms with Crippen LogP contribution >= 0.6 is 0 Å². The summed E-state index contributed by atoms with van der Waals surface area (Å²) in [5.74, 6) is -0.146. The van der Waals surface area contributed by atoms with Gasteiger partial charge in [0.1, 0.15) is 5.75 Å². The molecular weight excluding hydrogens is 256 g/mol. The van der Waals surface area contributed by atoms with Gasteiger partial charge in [0.25, 0.3) is 0 Å². The minimum atomic E-state index is -0.876. The van der Waals surface area contributed by atoms with Crippen molar-refractivity contribution in [3.05, 3.63) is 34.5 Å². The van der Waals surface area contributed by atoms with Crippen LogP contribution in [0.3, 0.4) is 0 Å². The van der Waals surface area contributed by atoms with E-state index in [1.54, 1.807) is 7.11 Å². The fraction of sp³-hybridized carbons (Fsp3) is 0.333. The number of carboxylic acids is 1. The highest BCUT2D eigenvalue weighted by Crippen LogP contribution is 2.35. The number of rotatable bonds is 4. The largest absolute Gasteiger partial charge is 0.496 e. The molecule has 0 bridgehead atoms. The fourth-order valence-electron chi connectivity index (χ4n) is 2.44. The van der Waals surface area contributed by atoms with Crippen LogP contribution in [-0.2, 0) is 11.2 Å². The molecule has 20 heavy (non-hydrogen) atoms. The Kier molecular flexibility index (Phi) is 3.79. The number of aryl methyl sites for hydroxylation is 3. The zero-order valence-corrected chi connectivity index (χ0v) is 12.1. The van der Waals surface area contributed by atoms with E-state index in [1.807, 2.05) is 32.9 Å². The molecule has 1 aromatic carbocycles. The Hall–Kier alpha value is -2.30. The van der Waals surface area contributed by atoms with Crippen LogP contribution in [0.25, 0.3) is 11.3 Å². The van der Waals surface area contributed by atoms with Gasteiger partial charge in [-0.1, -0.05) is 6.07 Å². The van der Waals surface area contributed by atoms with Gasteiger partial charge in [-0.05, 0) is 38.0 Å². The summed E-state index contributed by atoms with van der Waals surface area (Å²) in [4.78, 5) is 11.0. The van der Waals surface area contributed by atoms with Crippen molar-refractivity contribution in [3.8, 4) is 17.0 Å². The number of aliphatic carboxylic acids is 1. The maximum absolute atomic E-state index is 11.0. The van der Waals surface area contributed by atoms with Crippen molar-refractivity contribution in [3.63, 3.8) is 0 Å². The number of ether oxygens (including phenoxy) is 1. The van der Waals surface area contributed by atoms with E-state index in [1.165, 1.54) is 0 Å². The molecule has 2 N–H and O–H groups in total. The lowest BCUT2D eigenvalue weighted by molar-refractivity contribution is -0.136. The zero-order chi connectivity index (χ0) is 14.9. The van der Waals surface area contributed by atoms with E-state index < -0.39 is 5.97 Å². The number of hydrogen-bond donors (Lipinski definition) is 2. The maximum atomic E-state index is 11.0. The number of carbonyl (C=O) groups is 1. The van der Waals surface area contributed by atoms with Crippen molar-refractivity contribution in [2.45, 2.75) is 27.2 Å². The van der Waals surface area contributed by atoms with Gasteiger partial charge >= 0.3 is 5.97 Å². The van der Waals surface area contributed by atoms with Crippen molar-refractivity contribution in [1.29, 1.82) is 0 Å². The summed E-state index contributed by atoms with van der Waals surface area (Å²) in [5, 5.41) is 16.2. The number of nitrogens with one attached hydrogen (secondary N) is 1. The second-order valence-corrected chi connectivity index (χ2v) is 4.91. The quantitative estimate of drug-likeness (QED) is 0.898. The molecule has 5 heteroatoms. The summed E-state index contributed by atoms with van der Waals surface area (Å²) in [6, 6.07) is 3.99. The number of carboxylic acid groups (broad SMARTS) is 1. The number of aromatic nitrogens is 2. The van der Waals surface area contributed by atoms with Gasteiger partial charge in [-0.2, -0.15) is 5.10 Å². The van der Waals surface area contributed by atoms with Crippen molar-refractivity contribution in [1.82, 2.24) is 10.2 Å². The van der Waals surface area contributed by atoms with E-state index in [4.69, 9.17) is 9.84 Å². The number of hydrogen-bond acceptors (Lipinski definition) is 3. The third-order valence-electron chi connectivity index (χ3n) is 3.28. The van der Waals surface area contributed by atoms with Crippen LogP contribution in [0, 0.1) is 20.8 Å². The van der Waals surface area contributed by atoms with Crippen LogP contribution in [0.1, 0.15) is 22.4 Å². The average Bonchev–Trinajstić information content (AvgIpc) is 2.69. The Labute approximate surface area is 117 Å². The summed E-state index contributed by atoms with van der Waals surface area (Å²) < 4.78 is 5.45. The Morgan fingerprint density at radius 2 is 2.05 bits per heavy atom. The van der Waals surface area contributed by atoms with Gasteiger partial charge in [0.2, 0.25) is 0 Å². The SMILES string of the molecule is COc1c(C)cc(C)cc1-c1n[nH]c(C)c1CC(=O)O. The third-order valence-corrected chi connectivity index (χ3v) is 3.28. The Balaban J connectivity index is 2.65. The molecule has 0 aliphatic carbocycles. The van der Waals surface area contributed by atoms with Crippen molar-refractivity contribution < 1.29 is 14.6 Å². The van der Waals surface area contributed by atoms with E-state index in [0.717, 1.165) is 28.1 Å². The third kappa shape index (κ3) is 2.52. The van der Waals surface area contributed by atoms with Crippen LogP contribution in [0.5, 0.6) is 5.75 Å². The first-order chi connectivity index (χ1) is 9.43. The van der Waals surface area contributed by atoms with E-state index in [9.17, 15) is 4.79 Å². The lowest BCUT2D eigenvalue weighted by Gasteiger charge is -2.12. The van der Waals surface area contributed by atoms with E-state index in [2.05, 4.69) is 10.2 Å². The summed E-state index contributed by atoms with van der Waals surface area (Å²) >= 11 is 0. The summed E-state index contributed by atoms with van der Waals surface area (Å²) in [6.07, 6.45) is -0.0617. The molecule has 0 aliphatic rings. The van der Waals surface area contributed by atoms with Gasteiger partial charge in [-0.15, -0.1) is 0 Å². The van der Waals surface area contributed by atoms with Gasteiger partial charge in [0.15, 0.2) is 0 Å². The molecule has 0 saturated heterocycles. The molecule has 0 spiro atoms. The smallest absolute Gasteiger partial charge is 0.307 e. The van der Waals surface area contributed by atoms with Crippen LogP contribution < -0.4 is 4.74 Å². The van der Waals surface area contributed by atoms with Gasteiger partial charge in [-0.25, -0.2) is 0 Å². The van der Waals surface area contributed by atoms with Crippen LogP contribution in [0.4, 0.5) is 0 Å². The van der Waals surface area contributed by atoms with E-state index in [-0.39, 0.29) is 6.42 Å². The highest BCUT2D eigenvalue weighted by Gasteiger charge is 2.19. The molecule has 2 rings (SSSR count). The molecule has 0 radical (unpaired) electrons. The topological polar surface area (TPSA) is 75.2 Å². The highest BCUT2D eigenvalue weighted by atomic mass is 16.5. The highest BCUT2D eigenvalue weighted by molar-refractivity contribution is 5.78. The average molecular weight is 274 g/mol. The van der Waals surface area contributed by atoms with Gasteiger partial charge in [-0.3, -0.25) is 9.89 Å². The summed E-state index contributed by atoms with van der Waals surface area (Å²) in [6.45, 7) is 5.78. The van der Waals surface area contributed by atoms with Gasteiger partial charge in [0.05, 0.1) is 19.2 Å². The number of aromatic amines is 1. The van der Waals surface area contributed by atoms with Crippen LogP contribution in [-0.4, -0.2) is 28.4 Å². The van der Waals surface area contributed by atoms with Crippen molar-refractivity contribution in [2.24, 2.45) is 0 Å². The van der Waals surface area contributed by atoms with Crippen molar-refractivity contribution >= 4 is 5.97 Å². The predicted molar refractivity (Wildman–Crippen MR) is 76.1 cm³/mol. The molecule has 0 unspecified atom stereocenters. The van der Waals surface area contributed by atoms with Crippen LogP contribution in [0.15, 0.2) is 12.1 Å². The van der Waals surface area contributed by atoms with Gasteiger partial charge in [0, 0.05) is 16.8 Å². The number of methoxy groups -OCH3 is 1. The number of benzene rings is 1. The Bertz CT molecular complexity index is 659. The summed E-state index contributed by atoms with van der Waals surface area (Å²) in [7, 11) is 1.61. The number of nitrogens with zero attached hydrogens (tertiary/aromatic N) is 1. The molecule has 0 aliphatic heterocycles. The minimum absolute atomic E-state index is 0.0617. The normalized spacial score (nSPS) is 10.6. The predicted octanol–water partition coefficient (Wildman–Crippen LogP) is 2.64. The first-order valence-electron chi connectivity index (χ1n) is 6.35. The summed E-state index contributed by atoms with van der Waals surface area (Å²) in [5.41, 5.74) is 5.02. The standard InChI is InChI=1S/C15H18N2O3/c1-8-5-9(2)15(20-4)12(6-8)14-11(7-13(18)19)10(3)16-17-14/h5-6H,7H2,1-4H3,(H,16,17)(H,18,19). The first kappa shape index (κ1) is 14.1. The van der Waals surface area contributed by atoms with E-state index in [0.29, 0.717) is 11.3 Å². The second kappa shape index (κ2) is 5.36. The Morgan fingerprint density at radius 3 is 2.65 bits per heavy atom. The monoisotopic (exact) mass is 274 g/mol. The van der Waals surface area contributed by atoms with Crippen molar-refractivity contribution in [2.75, 3.05) is 7.11 Å². The fourth-order valence-corrected chi connectivity index (χ4v) is 2.44. The molecular formula is C15H18N2O3. The molecule has 1 heterocycles. The molecule has 5 nitrogen and oxygen atoms in total. The molecule has 0 atom stereocenters. The van der Waals surface area contributed by atoms with Crippen LogP contribution in [0.2, 0.25) is 0 Å². The molecule has 0 amide bonds. The first-order valence-corrected chi connectivity index (χ1v) is 6.35. The molecule has 106 valence electrons. The lowest BCUT2D eigenvalue weighted by atomic mass is 9.98. The lowest BCUT2D eigenvalue weighted by Crippen LogP contribution is -2.03. The minimum Gasteiger partial charge on any atom is -0.496 e. The molecule has 0 saturated carbocycles.